The monoisotopic (exact) mass is 734 g/mol. The molecule has 5 aliphatic rings. The molecule has 0 unspecified atom stereocenters. The molecule has 0 radical (unpaired) electrons. The molecular formula is C44H39BN2O6S. The Kier molecular flexibility index (Phi) is 7.28. The van der Waals surface area contributed by atoms with E-state index in [1.807, 2.05) is 17.4 Å². The van der Waals surface area contributed by atoms with E-state index in [2.05, 4.69) is 97.3 Å². The summed E-state index contributed by atoms with van der Waals surface area (Å²) in [6, 6.07) is 26.5. The van der Waals surface area contributed by atoms with Gasteiger partial charge in [0.25, 0.3) is 6.71 Å². The van der Waals surface area contributed by atoms with Crippen LogP contribution in [-0.4, -0.2) is 46.4 Å². The third-order valence-corrected chi connectivity index (χ3v) is 12.4. The molecule has 0 saturated heterocycles. The average Bonchev–Trinajstić information content (AvgIpc) is 3.42. The molecule has 0 amide bonds. The van der Waals surface area contributed by atoms with Gasteiger partial charge in [0.2, 0.25) is 0 Å². The number of hydrogen-bond donors (Lipinski definition) is 0. The van der Waals surface area contributed by atoms with E-state index in [0.29, 0.717) is 39.6 Å². The quantitative estimate of drug-likeness (QED) is 0.164. The normalized spacial score (nSPS) is 16.5. The lowest BCUT2D eigenvalue weighted by Gasteiger charge is -2.44. The first-order valence-corrected chi connectivity index (χ1v) is 19.8. The SMILES string of the molecule is Cc1cc2c3c(c1)N(c1c(C)cc4c(c1C)OCCCO4)c1sc4ccccc4c1B3c1cc3c(cc1N2c1ccc2c(c1)OCCCO2)OCCCO3. The zero-order chi connectivity index (χ0) is 36.1. The summed E-state index contributed by atoms with van der Waals surface area (Å²) in [4.78, 5) is 4.91. The number of anilines is 6. The molecule has 0 atom stereocenters. The molecule has 0 aliphatic carbocycles. The first-order valence-electron chi connectivity index (χ1n) is 19.0. The third kappa shape index (κ3) is 4.75. The fourth-order valence-corrected chi connectivity index (χ4v) is 10.3. The zero-order valence-corrected chi connectivity index (χ0v) is 31.4. The number of fused-ring (bicyclic) bond motifs is 9. The molecule has 6 heterocycles. The van der Waals surface area contributed by atoms with Crippen LogP contribution in [0.25, 0.3) is 10.1 Å². The van der Waals surface area contributed by atoms with Crippen molar-refractivity contribution in [1.82, 2.24) is 0 Å². The van der Waals surface area contributed by atoms with Crippen molar-refractivity contribution in [3.8, 4) is 34.5 Å². The molecule has 0 saturated carbocycles. The van der Waals surface area contributed by atoms with E-state index in [1.54, 1.807) is 0 Å². The maximum absolute atomic E-state index is 6.44. The van der Waals surface area contributed by atoms with Crippen LogP contribution in [0.2, 0.25) is 0 Å². The van der Waals surface area contributed by atoms with Gasteiger partial charge in [-0.25, -0.2) is 0 Å². The van der Waals surface area contributed by atoms with Gasteiger partial charge in [-0.1, -0.05) is 18.2 Å². The molecule has 0 bridgehead atoms. The van der Waals surface area contributed by atoms with Crippen LogP contribution in [0.4, 0.5) is 33.4 Å². The maximum Gasteiger partial charge on any atom is 0.254 e. The van der Waals surface area contributed by atoms with Crippen molar-refractivity contribution < 1.29 is 28.4 Å². The molecule has 5 aromatic carbocycles. The summed E-state index contributed by atoms with van der Waals surface area (Å²) in [5.41, 5.74) is 12.6. The number of rotatable bonds is 2. The van der Waals surface area contributed by atoms with Gasteiger partial charge < -0.3 is 38.2 Å². The van der Waals surface area contributed by atoms with Gasteiger partial charge >= 0.3 is 0 Å². The minimum atomic E-state index is -0.0668. The molecule has 0 N–H and O–H groups in total. The Morgan fingerprint density at radius 1 is 0.574 bits per heavy atom. The standard InChI is InChI=1S/C44H39BN2O6S/c1-25-19-32-41-33(20-25)47(42-26(2)21-38-43(27(42)3)53-18-8-17-52-38)44-40(29-9-4-5-10-39(29)54-44)45(41)30-23-36-37(51-16-7-15-50-36)24-31(30)46(32)28-11-12-34-35(22-28)49-14-6-13-48-34/h4-5,9-12,19-24H,6-8,13-18H2,1-3H3. The Morgan fingerprint density at radius 3 is 2.00 bits per heavy atom. The topological polar surface area (TPSA) is 61.9 Å². The van der Waals surface area contributed by atoms with Crippen LogP contribution >= 0.6 is 11.3 Å². The molecule has 6 aromatic rings. The summed E-state index contributed by atoms with van der Waals surface area (Å²) in [6.07, 6.45) is 2.53. The second-order valence-corrected chi connectivity index (χ2v) is 15.8. The molecule has 0 spiro atoms. The number of ether oxygens (including phenoxy) is 6. The summed E-state index contributed by atoms with van der Waals surface area (Å²) in [6.45, 7) is 10.3. The fraction of sp³-hybridized carbons (Fsp3) is 0.273. The van der Waals surface area contributed by atoms with E-state index in [1.165, 1.54) is 37.0 Å². The summed E-state index contributed by atoms with van der Waals surface area (Å²) in [5, 5.41) is 2.48. The van der Waals surface area contributed by atoms with Gasteiger partial charge in [-0.05, 0) is 96.1 Å². The van der Waals surface area contributed by atoms with E-state index in [-0.39, 0.29) is 6.71 Å². The van der Waals surface area contributed by atoms with Crippen LogP contribution < -0.4 is 54.6 Å². The van der Waals surface area contributed by atoms with Crippen molar-refractivity contribution in [2.24, 2.45) is 0 Å². The Bertz CT molecular complexity index is 2530. The van der Waals surface area contributed by atoms with Crippen molar-refractivity contribution in [3.05, 3.63) is 89.5 Å². The Morgan fingerprint density at radius 2 is 1.22 bits per heavy atom. The van der Waals surface area contributed by atoms with E-state index >= 15 is 0 Å². The molecular weight excluding hydrogens is 695 g/mol. The van der Waals surface area contributed by atoms with Crippen LogP contribution in [0.1, 0.15) is 36.0 Å². The van der Waals surface area contributed by atoms with Gasteiger partial charge in [0.05, 0.1) is 56.0 Å². The number of hydrogen-bond acceptors (Lipinski definition) is 9. The second-order valence-electron chi connectivity index (χ2n) is 14.8. The molecule has 11 rings (SSSR count). The lowest BCUT2D eigenvalue weighted by molar-refractivity contribution is 0.296. The fourth-order valence-electron chi connectivity index (χ4n) is 9.01. The number of aryl methyl sites for hydroxylation is 2. The van der Waals surface area contributed by atoms with Crippen molar-refractivity contribution in [3.63, 3.8) is 0 Å². The van der Waals surface area contributed by atoms with Crippen molar-refractivity contribution in [2.45, 2.75) is 40.0 Å². The molecule has 10 heteroatoms. The minimum absolute atomic E-state index is 0.0668. The van der Waals surface area contributed by atoms with Gasteiger partial charge in [-0.2, -0.15) is 0 Å². The highest BCUT2D eigenvalue weighted by molar-refractivity contribution is 7.26. The van der Waals surface area contributed by atoms with E-state index in [4.69, 9.17) is 28.4 Å². The summed E-state index contributed by atoms with van der Waals surface area (Å²) in [5.74, 6) is 4.75. The van der Waals surface area contributed by atoms with Crippen LogP contribution in [0.5, 0.6) is 34.5 Å². The molecule has 8 nitrogen and oxygen atoms in total. The van der Waals surface area contributed by atoms with E-state index < -0.39 is 0 Å². The number of thiophene rings is 1. The van der Waals surface area contributed by atoms with Gasteiger partial charge in [0.1, 0.15) is 0 Å². The first-order chi connectivity index (χ1) is 26.5. The summed E-state index contributed by atoms with van der Waals surface area (Å²) in [7, 11) is 0. The highest BCUT2D eigenvalue weighted by atomic mass is 32.1. The van der Waals surface area contributed by atoms with E-state index in [9.17, 15) is 0 Å². The number of benzene rings is 5. The molecule has 0 fully saturated rings. The highest BCUT2D eigenvalue weighted by Crippen LogP contribution is 2.53. The Hall–Kier alpha value is -5.48. The highest BCUT2D eigenvalue weighted by Gasteiger charge is 2.47. The summed E-state index contributed by atoms with van der Waals surface area (Å²) < 4.78 is 39.1. The third-order valence-electron chi connectivity index (χ3n) is 11.3. The zero-order valence-electron chi connectivity index (χ0n) is 30.6. The first kappa shape index (κ1) is 32.0. The average molecular weight is 735 g/mol. The van der Waals surface area contributed by atoms with E-state index in [0.717, 1.165) is 93.3 Å². The molecule has 1 aromatic heterocycles. The van der Waals surface area contributed by atoms with Crippen LogP contribution in [-0.2, 0) is 0 Å². The second kappa shape index (κ2) is 12.3. The van der Waals surface area contributed by atoms with Crippen molar-refractivity contribution >= 4 is 78.0 Å². The van der Waals surface area contributed by atoms with Crippen molar-refractivity contribution in [1.29, 1.82) is 0 Å². The van der Waals surface area contributed by atoms with Crippen LogP contribution in [0, 0.1) is 20.8 Å². The molecule has 5 aliphatic heterocycles. The Labute approximate surface area is 318 Å². The molecule has 54 heavy (non-hydrogen) atoms. The molecule has 270 valence electrons. The van der Waals surface area contributed by atoms with Gasteiger partial charge in [0, 0.05) is 58.7 Å². The lowest BCUT2D eigenvalue weighted by atomic mass is 9.33. The Balaban J connectivity index is 1.24. The van der Waals surface area contributed by atoms with Crippen LogP contribution in [0.3, 0.4) is 0 Å². The lowest BCUT2D eigenvalue weighted by Crippen LogP contribution is -2.61. The predicted molar refractivity (Wildman–Crippen MR) is 217 cm³/mol. The predicted octanol–water partition coefficient (Wildman–Crippen LogP) is 8.39. The van der Waals surface area contributed by atoms with Crippen molar-refractivity contribution in [2.75, 3.05) is 49.4 Å². The smallest absolute Gasteiger partial charge is 0.254 e. The van der Waals surface area contributed by atoms with Gasteiger partial charge in [-0.3, -0.25) is 0 Å². The van der Waals surface area contributed by atoms with Gasteiger partial charge in [-0.15, -0.1) is 11.3 Å². The van der Waals surface area contributed by atoms with Gasteiger partial charge in [0.15, 0.2) is 34.5 Å². The largest absolute Gasteiger partial charge is 0.490 e. The number of nitrogens with zero attached hydrogens (tertiary/aromatic N) is 2. The van der Waals surface area contributed by atoms with Crippen LogP contribution in [0.15, 0.2) is 72.8 Å². The maximum atomic E-state index is 6.44. The summed E-state index contributed by atoms with van der Waals surface area (Å²) >= 11 is 1.86. The minimum Gasteiger partial charge on any atom is -0.490 e.